The maximum Gasteiger partial charge on any atom is 0.252 e. The Kier molecular flexibility index (Phi) is 10.8. The second-order valence-corrected chi connectivity index (χ2v) is 13.4. The molecule has 2 fully saturated rings. The molecule has 13 nitrogen and oxygen atoms in total. The van der Waals surface area contributed by atoms with Crippen LogP contribution in [0, 0.1) is 5.92 Å². The van der Waals surface area contributed by atoms with E-state index in [1.807, 2.05) is 29.2 Å². The summed E-state index contributed by atoms with van der Waals surface area (Å²) in [7, 11) is -4.19. The van der Waals surface area contributed by atoms with Gasteiger partial charge in [-0.25, -0.2) is 8.42 Å². The summed E-state index contributed by atoms with van der Waals surface area (Å²) in [4.78, 5) is 47.3. The lowest BCUT2D eigenvalue weighted by Gasteiger charge is -2.31. The third kappa shape index (κ3) is 8.79. The molecule has 14 heteroatoms. The molecule has 1 aliphatic heterocycles. The number of piperidine rings is 1. The van der Waals surface area contributed by atoms with Gasteiger partial charge in [0.2, 0.25) is 21.8 Å². The van der Waals surface area contributed by atoms with Crippen molar-refractivity contribution in [3.8, 4) is 0 Å². The van der Waals surface area contributed by atoms with Crippen LogP contribution in [0.5, 0.6) is 0 Å². The lowest BCUT2D eigenvalue weighted by atomic mass is 9.98. The standard InChI is InChI=1S/C32H40N8O5S/c33-37-22-39-15-4-5-23(21-39)19-36-30(41)18-29(38-46(44,45)28-12-9-24-6-1-2-7-25(24)17-28)32(43)40(27-10-11-27)16-14-35-31(42)26-8-3-13-34-20-26/h1-3,6-9,12-13,17,20,22-23,27,29,38H,4-5,10-11,14-16,18-19,21,33H2,(H,35,42)(H,36,41)/t23-,29-/m0/s1. The molecular weight excluding hydrogens is 608 g/mol. The third-order valence-corrected chi connectivity index (χ3v) is 9.69. The Morgan fingerprint density at radius 2 is 1.87 bits per heavy atom. The van der Waals surface area contributed by atoms with Crippen molar-refractivity contribution in [2.75, 3.05) is 32.7 Å². The number of sulfonamides is 1. The number of carbonyl (C=O) groups is 3. The van der Waals surface area contributed by atoms with Gasteiger partial charge in [0.15, 0.2) is 0 Å². The van der Waals surface area contributed by atoms with Gasteiger partial charge < -0.3 is 26.3 Å². The number of nitrogens with one attached hydrogen (secondary N) is 3. The van der Waals surface area contributed by atoms with Crippen LogP contribution in [0.25, 0.3) is 10.8 Å². The zero-order valence-corrected chi connectivity index (χ0v) is 26.4. The highest BCUT2D eigenvalue weighted by Crippen LogP contribution is 2.28. The first-order valence-corrected chi connectivity index (χ1v) is 17.0. The SMILES string of the molecule is NN=CN1CCC[C@@H](CNC(=O)C[C@H](NS(=O)(=O)c2ccc3ccccc3c2)C(=O)N(CCNC(=O)c2cccnc2)C2CC2)C1. The number of hydrazone groups is 1. The van der Waals surface area contributed by atoms with Crippen LogP contribution in [0.3, 0.4) is 0 Å². The highest BCUT2D eigenvalue weighted by molar-refractivity contribution is 7.89. The molecule has 0 spiro atoms. The summed E-state index contributed by atoms with van der Waals surface area (Å²) in [6.45, 7) is 2.19. The number of carbonyl (C=O) groups excluding carboxylic acids is 3. The number of nitrogens with two attached hydrogens (primary N) is 1. The molecule has 0 bridgehead atoms. The van der Waals surface area contributed by atoms with Crippen molar-refractivity contribution in [1.29, 1.82) is 0 Å². The van der Waals surface area contributed by atoms with Gasteiger partial charge in [-0.05, 0) is 66.6 Å². The topological polar surface area (TPSA) is 179 Å². The molecule has 1 saturated carbocycles. The fourth-order valence-electron chi connectivity index (χ4n) is 5.70. The number of nitrogens with zero attached hydrogens (tertiary/aromatic N) is 4. The van der Waals surface area contributed by atoms with Crippen LogP contribution < -0.4 is 21.2 Å². The highest BCUT2D eigenvalue weighted by atomic mass is 32.2. The molecule has 3 amide bonds. The number of fused-ring (bicyclic) bond motifs is 1. The number of aromatic nitrogens is 1. The van der Waals surface area contributed by atoms with Crippen LogP contribution in [0.15, 0.2) is 77.0 Å². The van der Waals surface area contributed by atoms with Crippen molar-refractivity contribution >= 4 is 44.9 Å². The summed E-state index contributed by atoms with van der Waals surface area (Å²) in [5.74, 6) is 4.17. The molecule has 1 aromatic heterocycles. The Balaban J connectivity index is 1.29. The average molecular weight is 649 g/mol. The van der Waals surface area contributed by atoms with Crippen molar-refractivity contribution in [2.24, 2.45) is 16.9 Å². The van der Waals surface area contributed by atoms with Gasteiger partial charge in [-0.15, -0.1) is 0 Å². The van der Waals surface area contributed by atoms with Crippen LogP contribution in [0.4, 0.5) is 0 Å². The Labute approximate surface area is 268 Å². The normalized spacial score (nSPS) is 17.5. The van der Waals surface area contributed by atoms with E-state index in [0.717, 1.165) is 43.0 Å². The van der Waals surface area contributed by atoms with Gasteiger partial charge in [-0.2, -0.15) is 9.82 Å². The first-order chi connectivity index (χ1) is 22.2. The largest absolute Gasteiger partial charge is 0.361 e. The molecule has 244 valence electrons. The molecule has 5 N–H and O–H groups in total. The molecule has 2 atom stereocenters. The second-order valence-electron chi connectivity index (χ2n) is 11.7. The lowest BCUT2D eigenvalue weighted by Crippen LogP contribution is -2.52. The summed E-state index contributed by atoms with van der Waals surface area (Å²) in [6, 6.07) is 14.0. The predicted octanol–water partition coefficient (Wildman–Crippen LogP) is 1.42. The Morgan fingerprint density at radius 3 is 2.61 bits per heavy atom. The molecule has 3 aromatic rings. The smallest absolute Gasteiger partial charge is 0.252 e. The number of hydrogen-bond acceptors (Lipinski definition) is 8. The number of amides is 3. The highest BCUT2D eigenvalue weighted by Gasteiger charge is 2.38. The van der Waals surface area contributed by atoms with Gasteiger partial charge in [0.25, 0.3) is 5.91 Å². The summed E-state index contributed by atoms with van der Waals surface area (Å²) in [5.41, 5.74) is 0.390. The van der Waals surface area contributed by atoms with Crippen molar-refractivity contribution in [3.63, 3.8) is 0 Å². The summed E-state index contributed by atoms with van der Waals surface area (Å²) in [5, 5.41) is 10.9. The van der Waals surface area contributed by atoms with Crippen molar-refractivity contribution in [2.45, 2.75) is 49.1 Å². The zero-order chi connectivity index (χ0) is 32.5. The van der Waals surface area contributed by atoms with Gasteiger partial charge in [-0.1, -0.05) is 30.3 Å². The molecule has 0 radical (unpaired) electrons. The first kappa shape index (κ1) is 32.8. The molecule has 46 heavy (non-hydrogen) atoms. The summed E-state index contributed by atoms with van der Waals surface area (Å²) in [6.07, 6.45) is 7.56. The number of benzene rings is 2. The third-order valence-electron chi connectivity index (χ3n) is 8.22. The molecule has 2 aliphatic rings. The van der Waals surface area contributed by atoms with Crippen LogP contribution in [0.2, 0.25) is 0 Å². The second kappa shape index (κ2) is 15.1. The predicted molar refractivity (Wildman–Crippen MR) is 174 cm³/mol. The van der Waals surface area contributed by atoms with Crippen molar-refractivity contribution in [1.82, 2.24) is 30.1 Å². The van der Waals surface area contributed by atoms with E-state index in [4.69, 9.17) is 5.84 Å². The molecular formula is C32H40N8O5S. The minimum absolute atomic E-state index is 0.00465. The molecule has 1 saturated heterocycles. The molecule has 0 unspecified atom stereocenters. The zero-order valence-electron chi connectivity index (χ0n) is 25.5. The van der Waals surface area contributed by atoms with E-state index in [0.29, 0.717) is 18.7 Å². The molecule has 5 rings (SSSR count). The average Bonchev–Trinajstić information content (AvgIpc) is 3.91. The number of pyridine rings is 1. The summed E-state index contributed by atoms with van der Waals surface area (Å²) >= 11 is 0. The van der Waals surface area contributed by atoms with Crippen molar-refractivity contribution < 1.29 is 22.8 Å². The fourth-order valence-corrected chi connectivity index (χ4v) is 6.92. The maximum absolute atomic E-state index is 14.0. The Hall–Kier alpha value is -4.56. The number of likely N-dealkylation sites (tertiary alicyclic amines) is 1. The first-order valence-electron chi connectivity index (χ1n) is 15.5. The molecule has 2 heterocycles. The van der Waals surface area contributed by atoms with E-state index >= 15 is 0 Å². The Morgan fingerprint density at radius 1 is 1.07 bits per heavy atom. The quantitative estimate of drug-likeness (QED) is 0.0877. The van der Waals surface area contributed by atoms with Gasteiger partial charge in [0, 0.05) is 51.2 Å². The van der Waals surface area contributed by atoms with Crippen LogP contribution >= 0.6 is 0 Å². The minimum Gasteiger partial charge on any atom is -0.361 e. The van der Waals surface area contributed by atoms with Crippen LogP contribution in [-0.2, 0) is 19.6 Å². The van der Waals surface area contributed by atoms with Gasteiger partial charge in [0.05, 0.1) is 16.9 Å². The minimum atomic E-state index is -4.19. The van der Waals surface area contributed by atoms with Gasteiger partial charge in [0.1, 0.15) is 12.4 Å². The Bertz CT molecular complexity index is 1670. The van der Waals surface area contributed by atoms with E-state index in [1.165, 1.54) is 12.3 Å². The van der Waals surface area contributed by atoms with E-state index in [2.05, 4.69) is 25.4 Å². The molecule has 1 aliphatic carbocycles. The summed E-state index contributed by atoms with van der Waals surface area (Å²) < 4.78 is 29.8. The van der Waals surface area contributed by atoms with E-state index in [1.54, 1.807) is 41.7 Å². The van der Waals surface area contributed by atoms with Crippen LogP contribution in [-0.4, -0.2) is 92.1 Å². The van der Waals surface area contributed by atoms with Crippen LogP contribution in [0.1, 0.15) is 42.5 Å². The van der Waals surface area contributed by atoms with E-state index in [9.17, 15) is 22.8 Å². The lowest BCUT2D eigenvalue weighted by molar-refractivity contribution is -0.136. The number of hydrogen-bond donors (Lipinski definition) is 4. The van der Waals surface area contributed by atoms with E-state index < -0.39 is 27.9 Å². The van der Waals surface area contributed by atoms with Gasteiger partial charge in [-0.3, -0.25) is 19.4 Å². The monoisotopic (exact) mass is 648 g/mol. The van der Waals surface area contributed by atoms with Gasteiger partial charge >= 0.3 is 0 Å². The van der Waals surface area contributed by atoms with Crippen molar-refractivity contribution in [3.05, 3.63) is 72.6 Å². The molecule has 2 aromatic carbocycles. The fraction of sp³-hybridized carbons (Fsp3) is 0.406. The number of rotatable bonds is 14. The van der Waals surface area contributed by atoms with E-state index in [-0.39, 0.29) is 42.3 Å². The maximum atomic E-state index is 14.0.